The van der Waals surface area contributed by atoms with E-state index in [2.05, 4.69) is 19.9 Å². The maximum Gasteiger partial charge on any atom is 0.122 e. The molecule has 0 aliphatic carbocycles. The normalized spacial score (nSPS) is 12.8. The highest BCUT2D eigenvalue weighted by Crippen LogP contribution is 2.27. The Morgan fingerprint density at radius 3 is 2.56 bits per heavy atom. The van der Waals surface area contributed by atoms with Crippen molar-refractivity contribution in [1.82, 2.24) is 0 Å². The van der Waals surface area contributed by atoms with Gasteiger partial charge in [-0.1, -0.05) is 19.9 Å². The number of benzene rings is 1. The smallest absolute Gasteiger partial charge is 0.122 e. The summed E-state index contributed by atoms with van der Waals surface area (Å²) >= 11 is 1.96. The van der Waals surface area contributed by atoms with Crippen molar-refractivity contribution in [3.63, 3.8) is 0 Å². The van der Waals surface area contributed by atoms with E-state index in [4.69, 9.17) is 10.5 Å². The van der Waals surface area contributed by atoms with Crippen LogP contribution >= 0.6 is 11.8 Å². The average Bonchev–Trinajstić information content (AvgIpc) is 2.34. The summed E-state index contributed by atoms with van der Waals surface area (Å²) in [4.78, 5) is 0. The molecule has 0 aromatic heterocycles. The van der Waals surface area contributed by atoms with Gasteiger partial charge in [0, 0.05) is 17.4 Å². The van der Waals surface area contributed by atoms with Crippen LogP contribution in [0, 0.1) is 5.92 Å². The lowest BCUT2D eigenvalue weighted by atomic mass is 10.1. The van der Waals surface area contributed by atoms with Gasteiger partial charge in [-0.25, -0.2) is 0 Å². The third kappa shape index (κ3) is 4.91. The molecule has 1 atom stereocenters. The van der Waals surface area contributed by atoms with Crippen LogP contribution in [0.25, 0.3) is 0 Å². The van der Waals surface area contributed by atoms with Gasteiger partial charge < -0.3 is 10.5 Å². The quantitative estimate of drug-likeness (QED) is 0.759. The zero-order valence-corrected chi connectivity index (χ0v) is 12.7. The van der Waals surface area contributed by atoms with Gasteiger partial charge in [0.05, 0.1) is 7.11 Å². The van der Waals surface area contributed by atoms with Crippen LogP contribution in [0.4, 0.5) is 0 Å². The number of nitrogens with two attached hydrogens (primary N) is 1. The molecule has 2 nitrogen and oxygen atoms in total. The molecule has 1 rings (SSSR count). The van der Waals surface area contributed by atoms with Gasteiger partial charge in [-0.2, -0.15) is 11.8 Å². The highest BCUT2D eigenvalue weighted by atomic mass is 32.2. The predicted molar refractivity (Wildman–Crippen MR) is 81.2 cm³/mol. The topological polar surface area (TPSA) is 35.2 Å². The minimum atomic E-state index is 0.0790. The van der Waals surface area contributed by atoms with Crippen LogP contribution in [0.2, 0.25) is 0 Å². The molecule has 0 saturated heterocycles. The summed E-state index contributed by atoms with van der Waals surface area (Å²) in [5, 5.41) is 0. The molecule has 0 amide bonds. The van der Waals surface area contributed by atoms with Crippen LogP contribution in [0.1, 0.15) is 44.4 Å². The number of methoxy groups -OCH3 is 1. The van der Waals surface area contributed by atoms with Crippen LogP contribution in [0.5, 0.6) is 5.75 Å². The third-order valence-corrected chi connectivity index (χ3v) is 3.97. The first-order chi connectivity index (χ1) is 8.54. The molecular weight excluding hydrogens is 242 g/mol. The molecule has 0 bridgehead atoms. The van der Waals surface area contributed by atoms with E-state index in [1.807, 2.05) is 30.8 Å². The van der Waals surface area contributed by atoms with Gasteiger partial charge >= 0.3 is 0 Å². The van der Waals surface area contributed by atoms with Crippen molar-refractivity contribution < 1.29 is 4.74 Å². The van der Waals surface area contributed by atoms with E-state index in [1.54, 1.807) is 7.11 Å². The first kappa shape index (κ1) is 15.4. The second-order valence-corrected chi connectivity index (χ2v) is 6.20. The molecule has 1 aromatic carbocycles. The second-order valence-electron chi connectivity index (χ2n) is 5.10. The lowest BCUT2D eigenvalue weighted by molar-refractivity contribution is 0.411. The molecule has 0 fully saturated rings. The maximum absolute atomic E-state index is 5.92. The van der Waals surface area contributed by atoms with Gasteiger partial charge in [-0.3, -0.25) is 0 Å². The standard InChI is InChI=1S/C15H25NOS/c1-11(2)7-8-18-10-14-9-13(12(3)16)5-6-15(14)17-4/h5-6,9,11-12H,7-8,10,16H2,1-4H3. The zero-order chi connectivity index (χ0) is 13.5. The van der Waals surface area contributed by atoms with E-state index in [-0.39, 0.29) is 6.04 Å². The van der Waals surface area contributed by atoms with Gasteiger partial charge in [-0.15, -0.1) is 0 Å². The van der Waals surface area contributed by atoms with E-state index in [9.17, 15) is 0 Å². The van der Waals surface area contributed by atoms with Crippen molar-refractivity contribution in [3.05, 3.63) is 29.3 Å². The molecule has 102 valence electrons. The van der Waals surface area contributed by atoms with E-state index < -0.39 is 0 Å². The second kappa shape index (κ2) is 7.70. The fraction of sp³-hybridized carbons (Fsp3) is 0.600. The van der Waals surface area contributed by atoms with Crippen LogP contribution in [-0.4, -0.2) is 12.9 Å². The summed E-state index contributed by atoms with van der Waals surface area (Å²) in [7, 11) is 1.73. The van der Waals surface area contributed by atoms with Gasteiger partial charge in [0.25, 0.3) is 0 Å². The van der Waals surface area contributed by atoms with Crippen molar-refractivity contribution in [2.75, 3.05) is 12.9 Å². The molecular formula is C15H25NOS. The molecule has 1 unspecified atom stereocenters. The maximum atomic E-state index is 5.92. The molecule has 2 N–H and O–H groups in total. The molecule has 3 heteroatoms. The highest BCUT2D eigenvalue weighted by molar-refractivity contribution is 7.98. The Morgan fingerprint density at radius 2 is 2.00 bits per heavy atom. The van der Waals surface area contributed by atoms with Crippen molar-refractivity contribution in [1.29, 1.82) is 0 Å². The predicted octanol–water partition coefficient (Wildman–Crippen LogP) is 3.99. The SMILES string of the molecule is COc1ccc(C(C)N)cc1CSCCC(C)C. The summed E-state index contributed by atoms with van der Waals surface area (Å²) in [6.45, 7) is 6.53. The van der Waals surface area contributed by atoms with Crippen LogP contribution in [0.3, 0.4) is 0 Å². The van der Waals surface area contributed by atoms with E-state index in [1.165, 1.54) is 23.3 Å². The Kier molecular flexibility index (Phi) is 6.58. The number of thioether (sulfide) groups is 1. The van der Waals surface area contributed by atoms with Gasteiger partial charge in [0.2, 0.25) is 0 Å². The summed E-state index contributed by atoms with van der Waals surface area (Å²) in [6.07, 6.45) is 1.26. The molecule has 0 spiro atoms. The van der Waals surface area contributed by atoms with Gasteiger partial charge in [-0.05, 0) is 42.7 Å². The first-order valence-corrected chi connectivity index (χ1v) is 7.70. The number of hydrogen-bond acceptors (Lipinski definition) is 3. The van der Waals surface area contributed by atoms with Crippen molar-refractivity contribution in [2.24, 2.45) is 11.7 Å². The minimum absolute atomic E-state index is 0.0790. The Labute approximate surface area is 115 Å². The third-order valence-electron chi connectivity index (χ3n) is 2.93. The van der Waals surface area contributed by atoms with E-state index in [0.717, 1.165) is 17.4 Å². The van der Waals surface area contributed by atoms with Crippen LogP contribution < -0.4 is 10.5 Å². The van der Waals surface area contributed by atoms with Crippen LogP contribution in [0.15, 0.2) is 18.2 Å². The van der Waals surface area contributed by atoms with Crippen LogP contribution in [-0.2, 0) is 5.75 Å². The van der Waals surface area contributed by atoms with E-state index in [0.29, 0.717) is 0 Å². The van der Waals surface area contributed by atoms with Crippen molar-refractivity contribution in [3.8, 4) is 5.75 Å². The highest BCUT2D eigenvalue weighted by Gasteiger charge is 2.07. The van der Waals surface area contributed by atoms with Gasteiger partial charge in [0.15, 0.2) is 0 Å². The monoisotopic (exact) mass is 267 g/mol. The first-order valence-electron chi connectivity index (χ1n) is 6.54. The average molecular weight is 267 g/mol. The Balaban J connectivity index is 2.63. The lowest BCUT2D eigenvalue weighted by Crippen LogP contribution is -2.05. The Hall–Kier alpha value is -0.670. The van der Waals surface area contributed by atoms with Gasteiger partial charge in [0.1, 0.15) is 5.75 Å². The molecule has 0 heterocycles. The number of rotatable bonds is 7. The van der Waals surface area contributed by atoms with Crippen molar-refractivity contribution in [2.45, 2.75) is 39.0 Å². The summed E-state index contributed by atoms with van der Waals surface area (Å²) in [6, 6.07) is 6.32. The molecule has 0 aliphatic heterocycles. The largest absolute Gasteiger partial charge is 0.496 e. The molecule has 0 radical (unpaired) electrons. The Morgan fingerprint density at radius 1 is 1.28 bits per heavy atom. The fourth-order valence-corrected chi connectivity index (χ4v) is 2.92. The summed E-state index contributed by atoms with van der Waals surface area (Å²) in [5.74, 6) is 3.94. The number of hydrogen-bond donors (Lipinski definition) is 1. The van der Waals surface area contributed by atoms with E-state index >= 15 is 0 Å². The van der Waals surface area contributed by atoms with Crippen molar-refractivity contribution >= 4 is 11.8 Å². The zero-order valence-electron chi connectivity index (χ0n) is 11.9. The molecule has 0 saturated carbocycles. The summed E-state index contributed by atoms with van der Waals surface area (Å²) < 4.78 is 5.40. The molecule has 1 aromatic rings. The molecule has 0 aliphatic rings. The minimum Gasteiger partial charge on any atom is -0.496 e. The molecule has 18 heavy (non-hydrogen) atoms. The fourth-order valence-electron chi connectivity index (χ4n) is 1.70. The number of ether oxygens (including phenoxy) is 1. The summed E-state index contributed by atoms with van der Waals surface area (Å²) in [5.41, 5.74) is 8.35. The lowest BCUT2D eigenvalue weighted by Gasteiger charge is -2.13. The Bertz CT molecular complexity index is 364.